The third kappa shape index (κ3) is 4.52. The first kappa shape index (κ1) is 18.2. The van der Waals surface area contributed by atoms with Crippen molar-refractivity contribution in [2.45, 2.75) is 32.9 Å². The summed E-state index contributed by atoms with van der Waals surface area (Å²) < 4.78 is 0. The highest BCUT2D eigenvalue weighted by Gasteiger charge is 2.30. The molecule has 1 aliphatic heterocycles. The summed E-state index contributed by atoms with van der Waals surface area (Å²) in [6.07, 6.45) is 2.26. The minimum Gasteiger partial charge on any atom is -0.506 e. The van der Waals surface area contributed by atoms with Gasteiger partial charge in [-0.2, -0.15) is 0 Å². The number of hydrogen-bond donors (Lipinski definition) is 3. The van der Waals surface area contributed by atoms with E-state index in [1.807, 2.05) is 11.8 Å². The minimum absolute atomic E-state index is 0.115. The fourth-order valence-electron chi connectivity index (χ4n) is 3.17. The first-order chi connectivity index (χ1) is 12.5. The van der Waals surface area contributed by atoms with Crippen molar-refractivity contribution in [3.8, 4) is 5.75 Å². The lowest BCUT2D eigenvalue weighted by Crippen LogP contribution is -2.40. The Balaban J connectivity index is 1.43. The van der Waals surface area contributed by atoms with Gasteiger partial charge < -0.3 is 20.6 Å². The number of anilines is 1. The quantitative estimate of drug-likeness (QED) is 0.665. The lowest BCUT2D eigenvalue weighted by atomic mass is 10.1. The molecule has 0 spiro atoms. The summed E-state index contributed by atoms with van der Waals surface area (Å²) in [6, 6.07) is 9.89. The van der Waals surface area contributed by atoms with E-state index in [2.05, 4.69) is 46.8 Å². The van der Waals surface area contributed by atoms with Gasteiger partial charge >= 0.3 is 0 Å². The Kier molecular flexibility index (Phi) is 5.73. The van der Waals surface area contributed by atoms with Crippen LogP contribution in [0.5, 0.6) is 5.75 Å². The van der Waals surface area contributed by atoms with Crippen LogP contribution in [0.3, 0.4) is 0 Å². The third-order valence-electron chi connectivity index (χ3n) is 4.66. The number of likely N-dealkylation sites (tertiary alicyclic amines) is 1. The second-order valence-electron chi connectivity index (χ2n) is 6.83. The summed E-state index contributed by atoms with van der Waals surface area (Å²) in [5.74, 6) is 1.09. The Labute approximate surface area is 154 Å². The normalized spacial score (nSPS) is 16.9. The maximum Gasteiger partial charge on any atom is 0.240 e. The van der Waals surface area contributed by atoms with Gasteiger partial charge in [0, 0.05) is 26.2 Å². The molecule has 0 unspecified atom stereocenters. The largest absolute Gasteiger partial charge is 0.506 e. The maximum atomic E-state index is 12.5. The van der Waals surface area contributed by atoms with Crippen LogP contribution in [-0.4, -0.2) is 46.6 Å². The van der Waals surface area contributed by atoms with Gasteiger partial charge in [-0.1, -0.05) is 29.8 Å². The Morgan fingerprint density at radius 1 is 1.23 bits per heavy atom. The van der Waals surface area contributed by atoms with Crippen LogP contribution in [0.1, 0.15) is 23.1 Å². The average Bonchev–Trinajstić information content (AvgIpc) is 2.95. The molecule has 1 aromatic carbocycles. The predicted octanol–water partition coefficient (Wildman–Crippen LogP) is 2.21. The van der Waals surface area contributed by atoms with E-state index >= 15 is 0 Å². The molecule has 2 heterocycles. The van der Waals surface area contributed by atoms with E-state index in [4.69, 9.17) is 0 Å². The number of aryl methyl sites for hydroxylation is 2. The van der Waals surface area contributed by atoms with Crippen molar-refractivity contribution in [3.63, 3.8) is 0 Å². The smallest absolute Gasteiger partial charge is 0.240 e. The number of aromatic nitrogens is 1. The minimum atomic E-state index is -0.115. The van der Waals surface area contributed by atoms with Crippen LogP contribution in [0.2, 0.25) is 0 Å². The lowest BCUT2D eigenvalue weighted by Gasteiger charge is -2.17. The molecule has 1 aromatic heterocycles. The van der Waals surface area contributed by atoms with Gasteiger partial charge in [-0.05, 0) is 37.5 Å². The van der Waals surface area contributed by atoms with Gasteiger partial charge in [0.2, 0.25) is 5.91 Å². The first-order valence-corrected chi connectivity index (χ1v) is 9.00. The van der Waals surface area contributed by atoms with Gasteiger partial charge in [0.05, 0.1) is 12.2 Å². The van der Waals surface area contributed by atoms with Crippen molar-refractivity contribution in [3.05, 3.63) is 53.2 Å². The zero-order chi connectivity index (χ0) is 18.5. The van der Waals surface area contributed by atoms with Crippen LogP contribution in [0.15, 0.2) is 36.5 Å². The fourth-order valence-corrected chi connectivity index (χ4v) is 3.17. The summed E-state index contributed by atoms with van der Waals surface area (Å²) in [5.41, 5.74) is 3.29. The van der Waals surface area contributed by atoms with Gasteiger partial charge in [0.15, 0.2) is 0 Å². The maximum absolute atomic E-state index is 12.5. The van der Waals surface area contributed by atoms with E-state index in [9.17, 15) is 9.90 Å². The SMILES string of the molecule is Cc1ccc(CN2CC[C@@H](NCCNc3ncc(O)cc3C)C2=O)cc1. The molecule has 3 rings (SSSR count). The van der Waals surface area contributed by atoms with E-state index in [1.54, 1.807) is 6.07 Å². The molecule has 1 aliphatic rings. The molecule has 26 heavy (non-hydrogen) atoms. The van der Waals surface area contributed by atoms with Gasteiger partial charge in [0.1, 0.15) is 11.6 Å². The van der Waals surface area contributed by atoms with Crippen molar-refractivity contribution < 1.29 is 9.90 Å². The summed E-state index contributed by atoms with van der Waals surface area (Å²) >= 11 is 0. The number of rotatable bonds is 7. The molecule has 0 radical (unpaired) electrons. The highest BCUT2D eigenvalue weighted by atomic mass is 16.3. The zero-order valence-corrected chi connectivity index (χ0v) is 15.3. The van der Waals surface area contributed by atoms with Crippen molar-refractivity contribution in [1.29, 1.82) is 0 Å². The Bertz CT molecular complexity index is 761. The van der Waals surface area contributed by atoms with Crippen molar-refractivity contribution >= 4 is 11.7 Å². The van der Waals surface area contributed by atoms with Gasteiger partial charge in [-0.25, -0.2) is 4.98 Å². The van der Waals surface area contributed by atoms with Crippen LogP contribution in [0, 0.1) is 13.8 Å². The number of nitrogens with one attached hydrogen (secondary N) is 2. The Morgan fingerprint density at radius 2 is 2.00 bits per heavy atom. The standard InChI is InChI=1S/C20H26N4O2/c1-14-3-5-16(6-4-14)13-24-10-7-18(20(24)26)21-8-9-22-19-15(2)11-17(25)12-23-19/h3-6,11-12,18,21,25H,7-10,13H2,1-2H3,(H,22,23)/t18-/m1/s1. The number of nitrogens with zero attached hydrogens (tertiary/aromatic N) is 2. The average molecular weight is 354 g/mol. The monoisotopic (exact) mass is 354 g/mol. The number of hydrogen-bond acceptors (Lipinski definition) is 5. The van der Waals surface area contributed by atoms with Crippen molar-refractivity contribution in [2.24, 2.45) is 0 Å². The molecule has 6 nitrogen and oxygen atoms in total. The summed E-state index contributed by atoms with van der Waals surface area (Å²) in [7, 11) is 0. The summed E-state index contributed by atoms with van der Waals surface area (Å²) in [6.45, 7) is 6.76. The van der Waals surface area contributed by atoms with Gasteiger partial charge in [-0.15, -0.1) is 0 Å². The highest BCUT2D eigenvalue weighted by molar-refractivity contribution is 5.84. The third-order valence-corrected chi connectivity index (χ3v) is 4.66. The molecule has 0 saturated carbocycles. The summed E-state index contributed by atoms with van der Waals surface area (Å²) in [4.78, 5) is 18.6. The second-order valence-corrected chi connectivity index (χ2v) is 6.83. The molecule has 3 N–H and O–H groups in total. The Hall–Kier alpha value is -2.60. The van der Waals surface area contributed by atoms with Crippen LogP contribution in [0.25, 0.3) is 0 Å². The number of amides is 1. The fraction of sp³-hybridized carbons (Fsp3) is 0.400. The summed E-state index contributed by atoms with van der Waals surface area (Å²) in [5, 5.41) is 15.9. The lowest BCUT2D eigenvalue weighted by molar-refractivity contribution is -0.129. The number of pyridine rings is 1. The molecule has 1 atom stereocenters. The van der Waals surface area contributed by atoms with Crippen LogP contribution >= 0.6 is 0 Å². The van der Waals surface area contributed by atoms with Gasteiger partial charge in [-0.3, -0.25) is 4.79 Å². The number of benzene rings is 1. The molecule has 0 aliphatic carbocycles. The molecule has 6 heteroatoms. The van der Waals surface area contributed by atoms with Crippen LogP contribution in [-0.2, 0) is 11.3 Å². The number of carbonyl (C=O) groups excluding carboxylic acids is 1. The van der Waals surface area contributed by atoms with E-state index in [0.29, 0.717) is 19.6 Å². The predicted molar refractivity (Wildman–Crippen MR) is 102 cm³/mol. The van der Waals surface area contributed by atoms with Gasteiger partial charge in [0.25, 0.3) is 0 Å². The Morgan fingerprint density at radius 3 is 2.73 bits per heavy atom. The molecule has 1 amide bonds. The second kappa shape index (κ2) is 8.19. The molecular formula is C20H26N4O2. The molecule has 1 fully saturated rings. The van der Waals surface area contributed by atoms with Crippen LogP contribution in [0.4, 0.5) is 5.82 Å². The number of carbonyl (C=O) groups is 1. The van der Waals surface area contributed by atoms with E-state index < -0.39 is 0 Å². The molecule has 2 aromatic rings. The highest BCUT2D eigenvalue weighted by Crippen LogP contribution is 2.17. The molecule has 0 bridgehead atoms. The molecule has 1 saturated heterocycles. The molecular weight excluding hydrogens is 328 g/mol. The van der Waals surface area contributed by atoms with E-state index in [0.717, 1.165) is 24.3 Å². The van der Waals surface area contributed by atoms with Crippen molar-refractivity contribution in [2.75, 3.05) is 25.0 Å². The molecule has 138 valence electrons. The zero-order valence-electron chi connectivity index (χ0n) is 15.3. The van der Waals surface area contributed by atoms with Crippen LogP contribution < -0.4 is 10.6 Å². The van der Waals surface area contributed by atoms with E-state index in [1.165, 1.54) is 17.3 Å². The topological polar surface area (TPSA) is 77.5 Å². The van der Waals surface area contributed by atoms with Crippen molar-refractivity contribution in [1.82, 2.24) is 15.2 Å². The first-order valence-electron chi connectivity index (χ1n) is 9.00. The van der Waals surface area contributed by atoms with E-state index in [-0.39, 0.29) is 17.7 Å². The number of aromatic hydroxyl groups is 1.